The van der Waals surface area contributed by atoms with Gasteiger partial charge in [-0.05, 0) is 13.0 Å². The van der Waals surface area contributed by atoms with E-state index in [0.29, 0.717) is 18.1 Å². The number of hydrogen-bond donors (Lipinski definition) is 1. The minimum absolute atomic E-state index is 0.536. The summed E-state index contributed by atoms with van der Waals surface area (Å²) in [6, 6.07) is 10.1. The average Bonchev–Trinajstić information content (AvgIpc) is 2.78. The van der Waals surface area contributed by atoms with Gasteiger partial charge in [-0.1, -0.05) is 41.4 Å². The number of nitrogens with two attached hydrogens (primary N) is 1. The third kappa shape index (κ3) is 2.28. The van der Waals surface area contributed by atoms with Gasteiger partial charge in [-0.3, -0.25) is 0 Å². The molecule has 2 aromatic heterocycles. The molecule has 0 aliphatic carbocycles. The van der Waals surface area contributed by atoms with E-state index in [4.69, 9.17) is 17.3 Å². The Morgan fingerprint density at radius 3 is 2.70 bits per heavy atom. The van der Waals surface area contributed by atoms with E-state index in [9.17, 15) is 0 Å². The van der Waals surface area contributed by atoms with Crippen molar-refractivity contribution in [1.29, 1.82) is 0 Å². The lowest BCUT2D eigenvalue weighted by molar-refractivity contribution is 0.729. The van der Waals surface area contributed by atoms with Gasteiger partial charge in [0.15, 0.2) is 5.65 Å². The summed E-state index contributed by atoms with van der Waals surface area (Å²) in [6.45, 7) is 3.27. The van der Waals surface area contributed by atoms with Crippen LogP contribution >= 0.6 is 11.6 Å². The quantitative estimate of drug-likeness (QED) is 0.805. The van der Waals surface area contributed by atoms with Crippen molar-refractivity contribution in [3.63, 3.8) is 0 Å². The van der Waals surface area contributed by atoms with Crippen LogP contribution in [0.5, 0.6) is 0 Å². The van der Waals surface area contributed by atoms with Gasteiger partial charge in [0, 0.05) is 24.8 Å². The Hall–Kier alpha value is -1.91. The van der Waals surface area contributed by atoms with Crippen LogP contribution in [-0.2, 0) is 6.54 Å². The van der Waals surface area contributed by atoms with Crippen LogP contribution in [0, 0.1) is 6.92 Å². The van der Waals surface area contributed by atoms with Crippen LogP contribution in [0.15, 0.2) is 36.5 Å². The molecule has 0 atom stereocenters. The lowest BCUT2D eigenvalue weighted by Gasteiger charge is -2.07. The SMILES string of the molecule is Cc1ccc(-c2nc3cc(Cl)cnc3n2CCN)cc1. The van der Waals surface area contributed by atoms with E-state index in [-0.39, 0.29) is 0 Å². The maximum absolute atomic E-state index is 5.99. The molecule has 1 aromatic carbocycles. The van der Waals surface area contributed by atoms with Crippen molar-refractivity contribution in [1.82, 2.24) is 14.5 Å². The molecule has 0 unspecified atom stereocenters. The molecule has 0 spiro atoms. The number of aromatic nitrogens is 3. The van der Waals surface area contributed by atoms with Crippen LogP contribution in [0.2, 0.25) is 5.02 Å². The third-order valence-electron chi connectivity index (χ3n) is 3.21. The number of nitrogens with zero attached hydrogens (tertiary/aromatic N) is 3. The van der Waals surface area contributed by atoms with Crippen molar-refractivity contribution in [3.8, 4) is 11.4 Å². The molecule has 0 aliphatic rings. The number of imidazole rings is 1. The summed E-state index contributed by atoms with van der Waals surface area (Å²) >= 11 is 5.99. The van der Waals surface area contributed by atoms with Gasteiger partial charge in [-0.25, -0.2) is 9.97 Å². The molecule has 0 aliphatic heterocycles. The minimum atomic E-state index is 0.536. The zero-order chi connectivity index (χ0) is 14.1. The summed E-state index contributed by atoms with van der Waals surface area (Å²) in [5, 5.41) is 0.588. The summed E-state index contributed by atoms with van der Waals surface area (Å²) in [7, 11) is 0. The number of pyridine rings is 1. The number of hydrogen-bond acceptors (Lipinski definition) is 3. The zero-order valence-corrected chi connectivity index (χ0v) is 11.9. The molecule has 20 heavy (non-hydrogen) atoms. The van der Waals surface area contributed by atoms with E-state index in [0.717, 1.165) is 22.6 Å². The molecule has 0 radical (unpaired) electrons. The van der Waals surface area contributed by atoms with Crippen LogP contribution in [-0.4, -0.2) is 21.1 Å². The highest BCUT2D eigenvalue weighted by molar-refractivity contribution is 6.31. The molecule has 0 fully saturated rings. The Bertz CT molecular complexity index is 746. The van der Waals surface area contributed by atoms with Crippen molar-refractivity contribution in [2.45, 2.75) is 13.5 Å². The lowest BCUT2D eigenvalue weighted by atomic mass is 10.1. The summed E-state index contributed by atoms with van der Waals surface area (Å²) in [4.78, 5) is 9.03. The molecule has 3 aromatic rings. The monoisotopic (exact) mass is 286 g/mol. The van der Waals surface area contributed by atoms with Gasteiger partial charge in [0.25, 0.3) is 0 Å². The Morgan fingerprint density at radius 1 is 1.25 bits per heavy atom. The standard InChI is InChI=1S/C15H15ClN4/c1-10-2-4-11(5-3-10)14-19-13-8-12(16)9-18-15(13)20(14)7-6-17/h2-5,8-9H,6-7,17H2,1H3. The summed E-state index contributed by atoms with van der Waals surface area (Å²) in [5.74, 6) is 0.875. The third-order valence-corrected chi connectivity index (χ3v) is 3.42. The molecule has 102 valence electrons. The second-order valence-corrected chi connectivity index (χ2v) is 5.17. The van der Waals surface area contributed by atoms with Crippen LogP contribution in [0.3, 0.4) is 0 Å². The second kappa shape index (κ2) is 5.23. The number of halogens is 1. The molecule has 0 saturated heterocycles. The van der Waals surface area contributed by atoms with Crippen molar-refractivity contribution in [2.24, 2.45) is 5.73 Å². The lowest BCUT2D eigenvalue weighted by Crippen LogP contribution is -2.11. The molecule has 3 rings (SSSR count). The fourth-order valence-electron chi connectivity index (χ4n) is 2.25. The first kappa shape index (κ1) is 13.1. The normalized spacial score (nSPS) is 11.2. The molecule has 5 heteroatoms. The number of aryl methyl sites for hydroxylation is 1. The Balaban J connectivity index is 2.22. The van der Waals surface area contributed by atoms with Crippen LogP contribution in [0.1, 0.15) is 5.56 Å². The van der Waals surface area contributed by atoms with Crippen molar-refractivity contribution < 1.29 is 0 Å². The summed E-state index contributed by atoms with van der Waals surface area (Å²) in [5.41, 5.74) is 9.59. The van der Waals surface area contributed by atoms with Crippen molar-refractivity contribution in [2.75, 3.05) is 6.54 Å². The van der Waals surface area contributed by atoms with Gasteiger partial charge < -0.3 is 10.3 Å². The Kier molecular flexibility index (Phi) is 3.42. The molecular weight excluding hydrogens is 272 g/mol. The van der Waals surface area contributed by atoms with Crippen LogP contribution in [0.25, 0.3) is 22.6 Å². The topological polar surface area (TPSA) is 56.7 Å². The molecule has 0 bridgehead atoms. The van der Waals surface area contributed by atoms with Gasteiger partial charge in [-0.2, -0.15) is 0 Å². The first-order chi connectivity index (χ1) is 9.69. The summed E-state index contributed by atoms with van der Waals surface area (Å²) in [6.07, 6.45) is 1.64. The molecule has 0 saturated carbocycles. The van der Waals surface area contributed by atoms with E-state index in [1.165, 1.54) is 5.56 Å². The zero-order valence-electron chi connectivity index (χ0n) is 11.2. The van der Waals surface area contributed by atoms with E-state index in [1.807, 2.05) is 10.6 Å². The predicted molar refractivity (Wildman–Crippen MR) is 81.8 cm³/mol. The fraction of sp³-hybridized carbons (Fsp3) is 0.200. The molecule has 2 N–H and O–H groups in total. The highest BCUT2D eigenvalue weighted by Gasteiger charge is 2.13. The minimum Gasteiger partial charge on any atom is -0.329 e. The van der Waals surface area contributed by atoms with Gasteiger partial charge in [0.1, 0.15) is 11.3 Å². The van der Waals surface area contributed by atoms with Gasteiger partial charge in [-0.15, -0.1) is 0 Å². The maximum atomic E-state index is 5.99. The predicted octanol–water partition coefficient (Wildman–Crippen LogP) is 3.02. The molecule has 4 nitrogen and oxygen atoms in total. The van der Waals surface area contributed by atoms with Gasteiger partial charge in [0.05, 0.1) is 5.02 Å². The molecule has 0 amide bonds. The van der Waals surface area contributed by atoms with Crippen LogP contribution < -0.4 is 5.73 Å². The Labute approximate surface area is 122 Å². The first-order valence-corrected chi connectivity index (χ1v) is 6.86. The van der Waals surface area contributed by atoms with E-state index >= 15 is 0 Å². The van der Waals surface area contributed by atoms with E-state index < -0.39 is 0 Å². The largest absolute Gasteiger partial charge is 0.329 e. The van der Waals surface area contributed by atoms with Gasteiger partial charge >= 0.3 is 0 Å². The van der Waals surface area contributed by atoms with Gasteiger partial charge in [0.2, 0.25) is 0 Å². The molecular formula is C15H15ClN4. The fourth-order valence-corrected chi connectivity index (χ4v) is 2.40. The first-order valence-electron chi connectivity index (χ1n) is 6.48. The number of fused-ring (bicyclic) bond motifs is 1. The Morgan fingerprint density at radius 2 is 2.00 bits per heavy atom. The highest BCUT2D eigenvalue weighted by atomic mass is 35.5. The summed E-state index contributed by atoms with van der Waals surface area (Å²) < 4.78 is 2.04. The number of benzene rings is 1. The van der Waals surface area contributed by atoms with E-state index in [2.05, 4.69) is 41.2 Å². The second-order valence-electron chi connectivity index (χ2n) is 4.74. The van der Waals surface area contributed by atoms with Crippen molar-refractivity contribution in [3.05, 3.63) is 47.1 Å². The van der Waals surface area contributed by atoms with E-state index in [1.54, 1.807) is 6.20 Å². The number of rotatable bonds is 3. The maximum Gasteiger partial charge on any atom is 0.160 e. The molecule has 2 heterocycles. The van der Waals surface area contributed by atoms with Crippen LogP contribution in [0.4, 0.5) is 0 Å². The smallest absolute Gasteiger partial charge is 0.160 e. The highest BCUT2D eigenvalue weighted by Crippen LogP contribution is 2.25. The average molecular weight is 287 g/mol. The van der Waals surface area contributed by atoms with Crippen molar-refractivity contribution >= 4 is 22.8 Å².